The average molecular weight is 754 g/mol. The molecular formula is C56H35NO2. The number of nitrogens with zero attached hydrogens (tertiary/aromatic N) is 1. The molecule has 0 amide bonds. The van der Waals surface area contributed by atoms with Gasteiger partial charge < -0.3 is 13.7 Å². The van der Waals surface area contributed by atoms with Crippen LogP contribution in [-0.2, 0) is 0 Å². The number of para-hydroxylation sites is 3. The quantitative estimate of drug-likeness (QED) is 0.158. The molecule has 0 saturated heterocycles. The Labute approximate surface area is 340 Å². The lowest BCUT2D eigenvalue weighted by molar-refractivity contribution is 0.669. The van der Waals surface area contributed by atoms with Gasteiger partial charge in [-0.1, -0.05) is 176 Å². The topological polar surface area (TPSA) is 29.5 Å². The molecular weight excluding hydrogens is 719 g/mol. The molecule has 0 radical (unpaired) electrons. The molecule has 2 heterocycles. The molecule has 0 fully saturated rings. The minimum Gasteiger partial charge on any atom is -0.455 e. The van der Waals surface area contributed by atoms with Crippen molar-refractivity contribution in [3.05, 3.63) is 212 Å². The lowest BCUT2D eigenvalue weighted by Crippen LogP contribution is -2.11. The van der Waals surface area contributed by atoms with Gasteiger partial charge in [0.15, 0.2) is 5.58 Å². The highest BCUT2D eigenvalue weighted by Gasteiger charge is 2.26. The molecule has 0 N–H and O–H groups in total. The molecule has 2 aromatic heterocycles. The van der Waals surface area contributed by atoms with Crippen molar-refractivity contribution in [1.29, 1.82) is 0 Å². The number of rotatable bonds is 6. The zero-order chi connectivity index (χ0) is 38.9. The summed E-state index contributed by atoms with van der Waals surface area (Å²) in [5, 5.41) is 9.10. The zero-order valence-electron chi connectivity index (χ0n) is 32.0. The van der Waals surface area contributed by atoms with E-state index in [1.54, 1.807) is 0 Å². The lowest BCUT2D eigenvalue weighted by atomic mass is 9.97. The first-order valence-electron chi connectivity index (χ1n) is 20.1. The van der Waals surface area contributed by atoms with E-state index >= 15 is 0 Å². The molecule has 59 heavy (non-hydrogen) atoms. The van der Waals surface area contributed by atoms with Crippen molar-refractivity contribution in [2.45, 2.75) is 0 Å². The van der Waals surface area contributed by atoms with Gasteiger partial charge in [0.2, 0.25) is 0 Å². The van der Waals surface area contributed by atoms with Crippen LogP contribution < -0.4 is 4.90 Å². The van der Waals surface area contributed by atoms with E-state index in [0.717, 1.165) is 88.6 Å². The highest BCUT2D eigenvalue weighted by molar-refractivity contribution is 6.20. The van der Waals surface area contributed by atoms with Crippen LogP contribution in [-0.4, -0.2) is 0 Å². The zero-order valence-corrected chi connectivity index (χ0v) is 32.0. The molecule has 0 spiro atoms. The third-order valence-electron chi connectivity index (χ3n) is 11.9. The summed E-state index contributed by atoms with van der Waals surface area (Å²) in [6, 6.07) is 75.5. The average Bonchev–Trinajstić information content (AvgIpc) is 3.90. The van der Waals surface area contributed by atoms with Crippen molar-refractivity contribution in [2.24, 2.45) is 0 Å². The van der Waals surface area contributed by atoms with Crippen LogP contribution >= 0.6 is 0 Å². The van der Waals surface area contributed by atoms with Crippen molar-refractivity contribution in [2.75, 3.05) is 4.90 Å². The number of fused-ring (bicyclic) bond motifs is 9. The van der Waals surface area contributed by atoms with Gasteiger partial charge in [-0.2, -0.15) is 0 Å². The van der Waals surface area contributed by atoms with Crippen molar-refractivity contribution < 1.29 is 8.83 Å². The molecule has 276 valence electrons. The number of anilines is 3. The summed E-state index contributed by atoms with van der Waals surface area (Å²) in [4.78, 5) is 2.37. The number of hydrogen-bond acceptors (Lipinski definition) is 3. The Hall–Kier alpha value is -7.88. The molecule has 0 aliphatic carbocycles. The highest BCUT2D eigenvalue weighted by Crippen LogP contribution is 2.49. The second kappa shape index (κ2) is 13.4. The summed E-state index contributed by atoms with van der Waals surface area (Å²) in [7, 11) is 0. The van der Waals surface area contributed by atoms with Crippen LogP contribution in [0.15, 0.2) is 221 Å². The summed E-state index contributed by atoms with van der Waals surface area (Å²) in [6.45, 7) is 0. The van der Waals surface area contributed by atoms with Crippen LogP contribution in [0.1, 0.15) is 0 Å². The Kier molecular flexibility index (Phi) is 7.54. The predicted molar refractivity (Wildman–Crippen MR) is 247 cm³/mol. The Morgan fingerprint density at radius 3 is 1.73 bits per heavy atom. The second-order valence-corrected chi connectivity index (χ2v) is 15.2. The molecule has 3 heteroatoms. The fourth-order valence-electron chi connectivity index (χ4n) is 9.07. The summed E-state index contributed by atoms with van der Waals surface area (Å²) in [5.41, 5.74) is 13.1. The van der Waals surface area contributed by atoms with E-state index in [2.05, 4.69) is 211 Å². The molecule has 0 unspecified atom stereocenters. The fraction of sp³-hybridized carbons (Fsp3) is 0. The minimum absolute atomic E-state index is 0.825. The van der Waals surface area contributed by atoms with Crippen LogP contribution in [0.25, 0.3) is 98.8 Å². The molecule has 12 aromatic rings. The maximum atomic E-state index is 7.09. The van der Waals surface area contributed by atoms with Gasteiger partial charge in [0.05, 0.1) is 16.8 Å². The lowest BCUT2D eigenvalue weighted by Gasteiger charge is -2.27. The van der Waals surface area contributed by atoms with Crippen LogP contribution in [0.5, 0.6) is 0 Å². The van der Waals surface area contributed by atoms with E-state index in [1.165, 1.54) is 27.3 Å². The maximum Gasteiger partial charge on any atom is 0.159 e. The first kappa shape index (κ1) is 33.3. The third-order valence-corrected chi connectivity index (χ3v) is 11.9. The third kappa shape index (κ3) is 5.36. The van der Waals surface area contributed by atoms with E-state index in [4.69, 9.17) is 8.83 Å². The van der Waals surface area contributed by atoms with Gasteiger partial charge in [-0.05, 0) is 80.2 Å². The van der Waals surface area contributed by atoms with Crippen molar-refractivity contribution in [1.82, 2.24) is 0 Å². The van der Waals surface area contributed by atoms with Crippen LogP contribution in [0, 0.1) is 0 Å². The largest absolute Gasteiger partial charge is 0.455 e. The van der Waals surface area contributed by atoms with Crippen molar-refractivity contribution >= 4 is 82.5 Å². The Morgan fingerprint density at radius 2 is 0.898 bits per heavy atom. The van der Waals surface area contributed by atoms with Gasteiger partial charge in [-0.25, -0.2) is 0 Å². The molecule has 10 aromatic carbocycles. The standard InChI is InChI=1S/C56H35NO2/c1-3-13-36(14-4-1)37-25-27-40(28-26-37)46-33-34-50(53-49-19-9-10-24-52(49)58-56(46)53)57(42-31-32-44-41(35-42)30-29-39-17-7-8-18-43(39)44)51-23-12-22-48-47-21-11-20-45(54(47)59-55(48)51)38-15-5-2-6-16-38/h1-35H. The Morgan fingerprint density at radius 1 is 0.305 bits per heavy atom. The van der Waals surface area contributed by atoms with E-state index in [-0.39, 0.29) is 0 Å². The van der Waals surface area contributed by atoms with Gasteiger partial charge in [0, 0.05) is 33.0 Å². The molecule has 0 bridgehead atoms. The molecule has 12 rings (SSSR count). The fourth-order valence-corrected chi connectivity index (χ4v) is 9.07. The van der Waals surface area contributed by atoms with Gasteiger partial charge in [0.1, 0.15) is 16.7 Å². The highest BCUT2D eigenvalue weighted by atomic mass is 16.3. The van der Waals surface area contributed by atoms with E-state index < -0.39 is 0 Å². The van der Waals surface area contributed by atoms with Gasteiger partial charge in [-0.3, -0.25) is 0 Å². The first-order valence-corrected chi connectivity index (χ1v) is 20.1. The van der Waals surface area contributed by atoms with Crippen molar-refractivity contribution in [3.8, 4) is 33.4 Å². The summed E-state index contributed by atoms with van der Waals surface area (Å²) < 4.78 is 14.0. The number of hydrogen-bond donors (Lipinski definition) is 0. The van der Waals surface area contributed by atoms with Gasteiger partial charge in [0.25, 0.3) is 0 Å². The Bertz CT molecular complexity index is 3540. The predicted octanol–water partition coefficient (Wildman–Crippen LogP) is 16.3. The van der Waals surface area contributed by atoms with Crippen LogP contribution in [0.3, 0.4) is 0 Å². The summed E-state index contributed by atoms with van der Waals surface area (Å²) in [6.07, 6.45) is 0. The van der Waals surface area contributed by atoms with E-state index in [1.807, 2.05) is 6.07 Å². The SMILES string of the molecule is c1ccc(-c2ccc(-c3ccc(N(c4ccc5c(ccc6ccccc65)c4)c4cccc5c4oc4c(-c6ccccc6)cccc45)c4c3oc3ccccc34)cc2)cc1. The summed E-state index contributed by atoms with van der Waals surface area (Å²) in [5.74, 6) is 0. The molecule has 3 nitrogen and oxygen atoms in total. The number of furan rings is 2. The molecule has 0 aliphatic rings. The second-order valence-electron chi connectivity index (χ2n) is 15.2. The van der Waals surface area contributed by atoms with E-state index in [0.29, 0.717) is 0 Å². The van der Waals surface area contributed by atoms with Gasteiger partial charge >= 0.3 is 0 Å². The maximum absolute atomic E-state index is 7.09. The molecule has 0 saturated carbocycles. The molecule has 0 atom stereocenters. The number of benzene rings is 10. The minimum atomic E-state index is 0.825. The van der Waals surface area contributed by atoms with Crippen LogP contribution in [0.2, 0.25) is 0 Å². The molecule has 0 aliphatic heterocycles. The Balaban J connectivity index is 1.13. The normalized spacial score (nSPS) is 11.7. The van der Waals surface area contributed by atoms with Crippen LogP contribution in [0.4, 0.5) is 17.1 Å². The van der Waals surface area contributed by atoms with E-state index in [9.17, 15) is 0 Å². The first-order chi connectivity index (χ1) is 29.3. The van der Waals surface area contributed by atoms with Gasteiger partial charge in [-0.15, -0.1) is 0 Å². The summed E-state index contributed by atoms with van der Waals surface area (Å²) >= 11 is 0. The van der Waals surface area contributed by atoms with Crippen molar-refractivity contribution in [3.63, 3.8) is 0 Å². The monoisotopic (exact) mass is 753 g/mol. The smallest absolute Gasteiger partial charge is 0.159 e.